The molecule has 0 saturated heterocycles. The Balaban J connectivity index is 2.97. The van der Waals surface area contributed by atoms with Gasteiger partial charge in [0.15, 0.2) is 6.10 Å². The lowest BCUT2D eigenvalue weighted by atomic mass is 10.1. The minimum atomic E-state index is -4.40. The van der Waals surface area contributed by atoms with Gasteiger partial charge in [-0.15, -0.1) is 0 Å². The van der Waals surface area contributed by atoms with Crippen LogP contribution in [0.3, 0.4) is 0 Å². The third-order valence-electron chi connectivity index (χ3n) is 2.15. The quantitative estimate of drug-likeness (QED) is 0.626. The van der Waals surface area contributed by atoms with Gasteiger partial charge in [-0.25, -0.2) is 4.79 Å². The third-order valence-corrected chi connectivity index (χ3v) is 2.53. The molecule has 0 spiro atoms. The zero-order chi connectivity index (χ0) is 13.8. The van der Waals surface area contributed by atoms with Crippen LogP contribution in [-0.2, 0) is 19.9 Å². The van der Waals surface area contributed by atoms with Crippen molar-refractivity contribution in [3.63, 3.8) is 0 Å². The van der Waals surface area contributed by atoms with Crippen LogP contribution in [0.2, 0.25) is 0 Å². The maximum Gasteiger partial charge on any atom is 0.416 e. The molecule has 0 saturated carbocycles. The van der Waals surface area contributed by atoms with Crippen LogP contribution in [0.5, 0.6) is 0 Å². The molecule has 18 heavy (non-hydrogen) atoms. The molecule has 0 heterocycles. The van der Waals surface area contributed by atoms with Gasteiger partial charge in [0.1, 0.15) is 0 Å². The molecule has 100 valence electrons. The summed E-state index contributed by atoms with van der Waals surface area (Å²) >= 11 is 0.935. The lowest BCUT2D eigenvalue weighted by molar-refractivity contribution is -0.148. The molecule has 1 aromatic carbocycles. The molecule has 0 aromatic heterocycles. The molecule has 1 atom stereocenters. The van der Waals surface area contributed by atoms with E-state index in [4.69, 9.17) is 4.18 Å². The fraction of sp³-hybridized carbons (Fsp3) is 0.364. The van der Waals surface area contributed by atoms with Crippen molar-refractivity contribution in [3.05, 3.63) is 35.4 Å². The Bertz CT molecular complexity index is 403. The number of rotatable bonds is 4. The molecular formula is C11H11F3O3S. The second kappa shape index (κ2) is 6.10. The summed E-state index contributed by atoms with van der Waals surface area (Å²) in [5, 5.41) is 0. The Hall–Kier alpha value is -1.21. The number of benzene rings is 1. The zero-order valence-corrected chi connectivity index (χ0v) is 10.5. The van der Waals surface area contributed by atoms with Crippen LogP contribution in [0.1, 0.15) is 17.2 Å². The van der Waals surface area contributed by atoms with E-state index in [1.54, 1.807) is 6.26 Å². The van der Waals surface area contributed by atoms with Crippen molar-refractivity contribution in [1.82, 2.24) is 0 Å². The fourth-order valence-electron chi connectivity index (χ4n) is 1.28. The highest BCUT2D eigenvalue weighted by molar-refractivity contribution is 7.93. The summed E-state index contributed by atoms with van der Waals surface area (Å²) in [4.78, 5) is 11.4. The standard InChI is InChI=1S/C11H11F3O3S/c1-16-10(15)9(17-18-2)7-3-5-8(6-4-7)11(12,13)14/h3-6,9H,1-2H3. The van der Waals surface area contributed by atoms with Crippen molar-refractivity contribution in [1.29, 1.82) is 0 Å². The summed E-state index contributed by atoms with van der Waals surface area (Å²) in [5.41, 5.74) is -0.469. The van der Waals surface area contributed by atoms with Gasteiger partial charge in [0, 0.05) is 6.26 Å². The summed E-state index contributed by atoms with van der Waals surface area (Å²) < 4.78 is 46.7. The van der Waals surface area contributed by atoms with E-state index in [0.717, 1.165) is 24.2 Å². The highest BCUT2D eigenvalue weighted by Gasteiger charge is 2.31. The smallest absolute Gasteiger partial charge is 0.416 e. The van der Waals surface area contributed by atoms with Gasteiger partial charge in [-0.2, -0.15) is 13.2 Å². The van der Waals surface area contributed by atoms with E-state index in [2.05, 4.69) is 4.74 Å². The van der Waals surface area contributed by atoms with E-state index in [0.29, 0.717) is 5.56 Å². The second-order valence-electron chi connectivity index (χ2n) is 3.29. The van der Waals surface area contributed by atoms with Crippen LogP contribution in [0, 0.1) is 0 Å². The molecule has 1 rings (SSSR count). The Morgan fingerprint density at radius 1 is 1.28 bits per heavy atom. The van der Waals surface area contributed by atoms with E-state index >= 15 is 0 Å². The Labute approximate surface area is 106 Å². The fourth-order valence-corrected chi connectivity index (χ4v) is 1.66. The predicted molar refractivity (Wildman–Crippen MR) is 60.8 cm³/mol. The lowest BCUT2D eigenvalue weighted by Crippen LogP contribution is -2.15. The molecule has 0 aliphatic carbocycles. The van der Waals surface area contributed by atoms with E-state index in [9.17, 15) is 18.0 Å². The molecular weight excluding hydrogens is 269 g/mol. The SMILES string of the molecule is COC(=O)C(OSC)c1ccc(C(F)(F)F)cc1. The number of hydrogen-bond acceptors (Lipinski definition) is 4. The van der Waals surface area contributed by atoms with Crippen LogP contribution in [-0.4, -0.2) is 19.3 Å². The number of ether oxygens (including phenoxy) is 1. The van der Waals surface area contributed by atoms with Crippen LogP contribution in [0.4, 0.5) is 13.2 Å². The van der Waals surface area contributed by atoms with E-state index < -0.39 is 23.8 Å². The summed E-state index contributed by atoms with van der Waals surface area (Å²) in [6, 6.07) is 4.19. The first-order valence-electron chi connectivity index (χ1n) is 4.84. The second-order valence-corrected chi connectivity index (χ2v) is 3.81. The van der Waals surface area contributed by atoms with Gasteiger partial charge in [0.25, 0.3) is 0 Å². The molecule has 7 heteroatoms. The van der Waals surface area contributed by atoms with E-state index in [1.165, 1.54) is 19.2 Å². The average molecular weight is 280 g/mol. The predicted octanol–water partition coefficient (Wildman–Crippen LogP) is 3.21. The van der Waals surface area contributed by atoms with Crippen molar-refractivity contribution >= 4 is 18.0 Å². The molecule has 0 bridgehead atoms. The zero-order valence-electron chi connectivity index (χ0n) is 9.65. The Morgan fingerprint density at radius 2 is 1.83 bits per heavy atom. The number of carbonyl (C=O) groups is 1. The number of esters is 1. The van der Waals surface area contributed by atoms with Crippen molar-refractivity contribution in [3.8, 4) is 0 Å². The summed E-state index contributed by atoms with van der Waals surface area (Å²) in [6.45, 7) is 0. The maximum absolute atomic E-state index is 12.4. The van der Waals surface area contributed by atoms with Gasteiger partial charge in [-0.1, -0.05) is 12.1 Å². The van der Waals surface area contributed by atoms with Crippen molar-refractivity contribution in [2.75, 3.05) is 13.4 Å². The van der Waals surface area contributed by atoms with Gasteiger partial charge in [-0.3, -0.25) is 4.18 Å². The maximum atomic E-state index is 12.4. The van der Waals surface area contributed by atoms with Crippen LogP contribution in [0.15, 0.2) is 24.3 Å². The van der Waals surface area contributed by atoms with Crippen LogP contribution >= 0.6 is 12.0 Å². The largest absolute Gasteiger partial charge is 0.467 e. The molecule has 3 nitrogen and oxygen atoms in total. The van der Waals surface area contributed by atoms with Gasteiger partial charge in [0.2, 0.25) is 0 Å². The average Bonchev–Trinajstić information content (AvgIpc) is 2.34. The van der Waals surface area contributed by atoms with Crippen LogP contribution in [0.25, 0.3) is 0 Å². The molecule has 0 N–H and O–H groups in total. The van der Waals surface area contributed by atoms with Gasteiger partial charge in [0.05, 0.1) is 12.7 Å². The first-order valence-corrected chi connectivity index (χ1v) is 5.99. The van der Waals surface area contributed by atoms with Gasteiger partial charge in [-0.05, 0) is 29.7 Å². The normalized spacial score (nSPS) is 13.2. The number of alkyl halides is 3. The van der Waals surface area contributed by atoms with Gasteiger partial charge < -0.3 is 4.74 Å². The van der Waals surface area contributed by atoms with E-state index in [1.807, 2.05) is 0 Å². The molecule has 0 radical (unpaired) electrons. The van der Waals surface area contributed by atoms with E-state index in [-0.39, 0.29) is 0 Å². The van der Waals surface area contributed by atoms with Crippen molar-refractivity contribution < 1.29 is 26.9 Å². The minimum Gasteiger partial charge on any atom is -0.467 e. The number of carbonyl (C=O) groups excluding carboxylic acids is 1. The van der Waals surface area contributed by atoms with Crippen molar-refractivity contribution in [2.24, 2.45) is 0 Å². The molecule has 0 fully saturated rings. The first kappa shape index (κ1) is 14.8. The first-order chi connectivity index (χ1) is 8.40. The number of hydrogen-bond donors (Lipinski definition) is 0. The molecule has 0 aliphatic heterocycles. The minimum absolute atomic E-state index is 0.309. The molecule has 0 amide bonds. The monoisotopic (exact) mass is 280 g/mol. The lowest BCUT2D eigenvalue weighted by Gasteiger charge is -2.14. The number of methoxy groups -OCH3 is 1. The van der Waals surface area contributed by atoms with Crippen LogP contribution < -0.4 is 0 Å². The van der Waals surface area contributed by atoms with Gasteiger partial charge >= 0.3 is 12.1 Å². The molecule has 0 aliphatic rings. The topological polar surface area (TPSA) is 35.5 Å². The highest BCUT2D eigenvalue weighted by Crippen LogP contribution is 2.31. The van der Waals surface area contributed by atoms with Crippen molar-refractivity contribution in [2.45, 2.75) is 12.3 Å². The molecule has 1 aromatic rings. The highest BCUT2D eigenvalue weighted by atomic mass is 32.2. The summed E-state index contributed by atoms with van der Waals surface area (Å²) in [5.74, 6) is -0.663. The third kappa shape index (κ3) is 3.64. The Kier molecular flexibility index (Phi) is 5.03. The molecule has 1 unspecified atom stereocenters. The summed E-state index contributed by atoms with van der Waals surface area (Å²) in [6.07, 6.45) is -3.84. The summed E-state index contributed by atoms with van der Waals surface area (Å²) in [7, 11) is 1.18. The number of halogens is 3. The Morgan fingerprint density at radius 3 is 2.22 bits per heavy atom.